The lowest BCUT2D eigenvalue weighted by Crippen LogP contribution is -2.43. The molecule has 0 aliphatic carbocycles. The van der Waals surface area contributed by atoms with E-state index in [1.54, 1.807) is 0 Å². The maximum atomic E-state index is 13.4. The molecule has 0 spiro atoms. The maximum Gasteiger partial charge on any atom is 0.405 e. The highest BCUT2D eigenvalue weighted by Crippen LogP contribution is 2.26. The van der Waals surface area contributed by atoms with Crippen molar-refractivity contribution in [1.82, 2.24) is 5.32 Å². The van der Waals surface area contributed by atoms with Gasteiger partial charge >= 0.3 is 6.09 Å². The van der Waals surface area contributed by atoms with Gasteiger partial charge in [-0.25, -0.2) is 13.6 Å². The molecular formula is C13H13F4NO5. The van der Waals surface area contributed by atoms with Crippen molar-refractivity contribution in [2.75, 3.05) is 20.3 Å². The van der Waals surface area contributed by atoms with E-state index in [0.29, 0.717) is 0 Å². The van der Waals surface area contributed by atoms with Crippen LogP contribution in [0.4, 0.5) is 22.4 Å². The lowest BCUT2D eigenvalue weighted by molar-refractivity contribution is -0.123. The number of nitrogens with one attached hydrogen (secondary N) is 1. The van der Waals surface area contributed by atoms with Crippen LogP contribution in [0.2, 0.25) is 0 Å². The van der Waals surface area contributed by atoms with Gasteiger partial charge in [-0.05, 0) is 6.42 Å². The summed E-state index contributed by atoms with van der Waals surface area (Å²) in [7, 11) is 1.32. The standard InChI is InChI=1S/C13H13F4NO5/c1-22-3-2-8(18-13(20)21)9(19)5-23-12-10(16)6(14)4-7(15)11(12)17/h4,8,18H,2-3,5H2,1H3,(H,20,21). The Morgan fingerprint density at radius 2 is 1.78 bits per heavy atom. The molecule has 0 aliphatic rings. The number of benzene rings is 1. The van der Waals surface area contributed by atoms with Crippen molar-refractivity contribution in [1.29, 1.82) is 0 Å². The Morgan fingerprint density at radius 3 is 2.26 bits per heavy atom. The van der Waals surface area contributed by atoms with Gasteiger partial charge in [0.1, 0.15) is 6.61 Å². The van der Waals surface area contributed by atoms with E-state index in [9.17, 15) is 27.2 Å². The Bertz CT molecular complexity index is 570. The Morgan fingerprint density at radius 1 is 1.22 bits per heavy atom. The zero-order valence-electron chi connectivity index (χ0n) is 11.9. The molecule has 0 bridgehead atoms. The highest BCUT2D eigenvalue weighted by molar-refractivity contribution is 5.88. The number of ketones is 1. The summed E-state index contributed by atoms with van der Waals surface area (Å²) in [4.78, 5) is 22.4. The van der Waals surface area contributed by atoms with Gasteiger partial charge in [-0.2, -0.15) is 8.78 Å². The van der Waals surface area contributed by atoms with Gasteiger partial charge in [0.15, 0.2) is 23.2 Å². The number of Topliss-reactive ketones (excluding diaryl/α,β-unsaturated/α-hetero) is 1. The van der Waals surface area contributed by atoms with Crippen LogP contribution in [-0.2, 0) is 9.53 Å². The van der Waals surface area contributed by atoms with E-state index in [2.05, 4.69) is 4.74 Å². The molecule has 1 rings (SSSR count). The van der Waals surface area contributed by atoms with Gasteiger partial charge < -0.3 is 19.9 Å². The molecule has 128 valence electrons. The van der Waals surface area contributed by atoms with Crippen LogP contribution in [0.15, 0.2) is 6.07 Å². The van der Waals surface area contributed by atoms with Crippen LogP contribution in [0.3, 0.4) is 0 Å². The summed E-state index contributed by atoms with van der Waals surface area (Å²) < 4.78 is 61.9. The summed E-state index contributed by atoms with van der Waals surface area (Å²) in [6, 6.07) is -1.27. The maximum absolute atomic E-state index is 13.4. The van der Waals surface area contributed by atoms with Gasteiger partial charge in [-0.3, -0.25) is 4.79 Å². The van der Waals surface area contributed by atoms with E-state index in [0.717, 1.165) is 0 Å². The van der Waals surface area contributed by atoms with Crippen molar-refractivity contribution >= 4 is 11.9 Å². The Kier molecular flexibility index (Phi) is 6.76. The molecule has 1 atom stereocenters. The summed E-state index contributed by atoms with van der Waals surface area (Å²) in [6.45, 7) is -0.973. The number of halogens is 4. The van der Waals surface area contributed by atoms with Gasteiger partial charge in [0.2, 0.25) is 11.6 Å². The number of ether oxygens (including phenoxy) is 2. The van der Waals surface area contributed by atoms with Crippen LogP contribution < -0.4 is 10.1 Å². The highest BCUT2D eigenvalue weighted by atomic mass is 19.2. The lowest BCUT2D eigenvalue weighted by atomic mass is 10.1. The van der Waals surface area contributed by atoms with Crippen molar-refractivity contribution in [3.05, 3.63) is 29.3 Å². The monoisotopic (exact) mass is 339 g/mol. The van der Waals surface area contributed by atoms with E-state index in [-0.39, 0.29) is 19.1 Å². The van der Waals surface area contributed by atoms with Crippen LogP contribution in [0.5, 0.6) is 5.75 Å². The topological polar surface area (TPSA) is 84.9 Å². The van der Waals surface area contributed by atoms with Gasteiger partial charge in [-0.15, -0.1) is 0 Å². The lowest BCUT2D eigenvalue weighted by Gasteiger charge is -2.16. The fourth-order valence-corrected chi connectivity index (χ4v) is 1.62. The largest absolute Gasteiger partial charge is 0.479 e. The van der Waals surface area contributed by atoms with Crippen molar-refractivity contribution in [3.8, 4) is 5.75 Å². The predicted octanol–water partition coefficient (Wildman–Crippen LogP) is 1.86. The molecular weight excluding hydrogens is 326 g/mol. The molecule has 0 aliphatic heterocycles. The number of rotatable bonds is 8. The quantitative estimate of drug-likeness (QED) is 0.558. The molecule has 1 unspecified atom stereocenters. The minimum Gasteiger partial charge on any atom is -0.479 e. The Labute approximate surface area is 128 Å². The first-order chi connectivity index (χ1) is 10.8. The molecule has 0 heterocycles. The molecule has 0 saturated heterocycles. The zero-order chi connectivity index (χ0) is 17.6. The molecule has 6 nitrogen and oxygen atoms in total. The second-order valence-electron chi connectivity index (χ2n) is 4.34. The van der Waals surface area contributed by atoms with Crippen molar-refractivity contribution in [2.24, 2.45) is 0 Å². The van der Waals surface area contributed by atoms with Crippen LogP contribution in [0.25, 0.3) is 0 Å². The number of methoxy groups -OCH3 is 1. The molecule has 0 fully saturated rings. The molecule has 0 radical (unpaired) electrons. The summed E-state index contributed by atoms with van der Waals surface area (Å²) >= 11 is 0. The van der Waals surface area contributed by atoms with E-state index in [4.69, 9.17) is 9.84 Å². The molecule has 23 heavy (non-hydrogen) atoms. The number of carbonyl (C=O) groups excluding carboxylic acids is 1. The van der Waals surface area contributed by atoms with E-state index in [1.165, 1.54) is 7.11 Å². The molecule has 1 aromatic carbocycles. The smallest absolute Gasteiger partial charge is 0.405 e. The molecule has 0 saturated carbocycles. The van der Waals surface area contributed by atoms with Crippen molar-refractivity contribution in [3.63, 3.8) is 0 Å². The van der Waals surface area contributed by atoms with Gasteiger partial charge in [0.25, 0.3) is 0 Å². The second kappa shape index (κ2) is 8.32. The third-order valence-electron chi connectivity index (χ3n) is 2.73. The first kappa shape index (κ1) is 18.7. The second-order valence-corrected chi connectivity index (χ2v) is 4.34. The third-order valence-corrected chi connectivity index (χ3v) is 2.73. The molecule has 1 amide bonds. The van der Waals surface area contributed by atoms with Crippen LogP contribution in [0, 0.1) is 23.3 Å². The van der Waals surface area contributed by atoms with Crippen LogP contribution in [-0.4, -0.2) is 43.3 Å². The minimum atomic E-state index is -1.80. The molecule has 2 N–H and O–H groups in total. The number of carbonyl (C=O) groups is 2. The van der Waals surface area contributed by atoms with Gasteiger partial charge in [-0.1, -0.05) is 0 Å². The average Bonchev–Trinajstić information content (AvgIpc) is 2.48. The zero-order valence-corrected chi connectivity index (χ0v) is 11.9. The summed E-state index contributed by atoms with van der Waals surface area (Å²) in [5, 5.41) is 10.5. The summed E-state index contributed by atoms with van der Waals surface area (Å²) in [6.07, 6.45) is -1.57. The Balaban J connectivity index is 2.83. The average molecular weight is 339 g/mol. The number of hydrogen-bond donors (Lipinski definition) is 2. The first-order valence-corrected chi connectivity index (χ1v) is 6.24. The van der Waals surface area contributed by atoms with Crippen LogP contribution >= 0.6 is 0 Å². The molecule has 10 heteroatoms. The van der Waals surface area contributed by atoms with Crippen LogP contribution in [0.1, 0.15) is 6.42 Å². The number of amides is 1. The van der Waals surface area contributed by atoms with Crippen molar-refractivity contribution < 1.29 is 41.7 Å². The van der Waals surface area contributed by atoms with E-state index in [1.807, 2.05) is 5.32 Å². The Hall–Kier alpha value is -2.36. The van der Waals surface area contributed by atoms with Gasteiger partial charge in [0.05, 0.1) is 6.04 Å². The normalized spacial score (nSPS) is 11.9. The highest BCUT2D eigenvalue weighted by Gasteiger charge is 2.24. The minimum absolute atomic E-state index is 0.00722. The number of carboxylic acid groups (broad SMARTS) is 1. The summed E-state index contributed by atoms with van der Waals surface area (Å²) in [5.41, 5.74) is 0. The van der Waals surface area contributed by atoms with Gasteiger partial charge in [0, 0.05) is 19.8 Å². The fraction of sp³-hybridized carbons (Fsp3) is 0.385. The molecule has 0 aromatic heterocycles. The molecule has 1 aromatic rings. The fourth-order valence-electron chi connectivity index (χ4n) is 1.62. The first-order valence-electron chi connectivity index (χ1n) is 6.24. The van der Waals surface area contributed by atoms with E-state index < -0.39 is 53.5 Å². The third kappa shape index (κ3) is 5.09. The predicted molar refractivity (Wildman–Crippen MR) is 68.2 cm³/mol. The SMILES string of the molecule is COCCC(NC(=O)O)C(=O)COc1c(F)c(F)cc(F)c1F. The number of hydrogen-bond acceptors (Lipinski definition) is 4. The van der Waals surface area contributed by atoms with E-state index >= 15 is 0 Å². The summed E-state index contributed by atoms with van der Waals surface area (Å²) in [5.74, 6) is -9.26. The van der Waals surface area contributed by atoms with Crippen molar-refractivity contribution in [2.45, 2.75) is 12.5 Å².